The summed E-state index contributed by atoms with van der Waals surface area (Å²) in [5.41, 5.74) is 3.28. The topological polar surface area (TPSA) is 29.5 Å². The van der Waals surface area contributed by atoms with Crippen LogP contribution >= 0.6 is 27.7 Å². The van der Waals surface area contributed by atoms with Crippen molar-refractivity contribution in [1.29, 1.82) is 0 Å². The van der Waals surface area contributed by atoms with Crippen LogP contribution in [0, 0.1) is 11.8 Å². The van der Waals surface area contributed by atoms with E-state index in [1.54, 1.807) is 18.7 Å². The molecule has 0 atom stereocenters. The average molecular weight is 458 g/mol. The van der Waals surface area contributed by atoms with E-state index in [0.29, 0.717) is 6.61 Å². The first-order chi connectivity index (χ1) is 13.6. The van der Waals surface area contributed by atoms with Crippen molar-refractivity contribution in [3.8, 4) is 11.8 Å². The maximum atomic E-state index is 11.5. The van der Waals surface area contributed by atoms with Crippen LogP contribution in [-0.4, -0.2) is 19.1 Å². The van der Waals surface area contributed by atoms with Crippen molar-refractivity contribution in [3.63, 3.8) is 0 Å². The van der Waals surface area contributed by atoms with E-state index in [1.165, 1.54) is 35.5 Å². The summed E-state index contributed by atoms with van der Waals surface area (Å²) in [6, 6.07) is 12.6. The van der Waals surface area contributed by atoms with Gasteiger partial charge in [-0.3, -0.25) is 0 Å². The van der Waals surface area contributed by atoms with Gasteiger partial charge in [-0.15, -0.1) is 0 Å². The molecule has 2 aromatic carbocycles. The molecule has 146 valence electrons. The number of anilines is 2. The summed E-state index contributed by atoms with van der Waals surface area (Å²) in [5.74, 6) is 4.99. The molecule has 0 bridgehead atoms. The van der Waals surface area contributed by atoms with Gasteiger partial charge in [0.15, 0.2) is 0 Å². The number of fused-ring (bicyclic) bond motifs is 2. The molecule has 0 saturated carbocycles. The van der Waals surface area contributed by atoms with Crippen LogP contribution < -0.4 is 4.90 Å². The second-order valence-corrected chi connectivity index (χ2v) is 8.58. The van der Waals surface area contributed by atoms with Gasteiger partial charge < -0.3 is 9.64 Å². The van der Waals surface area contributed by atoms with E-state index in [-0.39, 0.29) is 0 Å². The quantitative estimate of drug-likeness (QED) is 0.279. The number of nitrogens with zero attached hydrogens (tertiary/aromatic N) is 1. The highest BCUT2D eigenvalue weighted by Crippen LogP contribution is 2.49. The first-order valence-electron chi connectivity index (χ1n) is 9.70. The van der Waals surface area contributed by atoms with Crippen molar-refractivity contribution >= 4 is 45.0 Å². The molecule has 1 heterocycles. The fraction of sp³-hybridized carbons (Fsp3) is 0.348. The van der Waals surface area contributed by atoms with Crippen LogP contribution in [0.1, 0.15) is 45.1 Å². The van der Waals surface area contributed by atoms with Crippen LogP contribution in [0.25, 0.3) is 0 Å². The van der Waals surface area contributed by atoms with Crippen LogP contribution in [-0.2, 0) is 9.53 Å². The maximum absolute atomic E-state index is 11.5. The number of halogens is 1. The van der Waals surface area contributed by atoms with Gasteiger partial charge in [0.1, 0.15) is 0 Å². The number of hydrogen-bond donors (Lipinski definition) is 0. The van der Waals surface area contributed by atoms with Crippen LogP contribution in [0.3, 0.4) is 0 Å². The Labute approximate surface area is 180 Å². The van der Waals surface area contributed by atoms with Gasteiger partial charge in [-0.2, -0.15) is 0 Å². The van der Waals surface area contributed by atoms with Gasteiger partial charge in [0.2, 0.25) is 0 Å². The molecule has 3 rings (SSSR count). The molecule has 3 nitrogen and oxygen atoms in total. The molecule has 0 fully saturated rings. The summed E-state index contributed by atoms with van der Waals surface area (Å²) >= 11 is 5.34. The van der Waals surface area contributed by atoms with Crippen molar-refractivity contribution in [1.82, 2.24) is 0 Å². The Balaban J connectivity index is 1.89. The molecule has 0 aliphatic carbocycles. The number of ether oxygens (including phenoxy) is 1. The van der Waals surface area contributed by atoms with Crippen molar-refractivity contribution in [3.05, 3.63) is 46.4 Å². The molecule has 0 N–H and O–H groups in total. The third kappa shape index (κ3) is 5.12. The largest absolute Gasteiger partial charge is 0.456 e. The van der Waals surface area contributed by atoms with Crippen molar-refractivity contribution in [2.75, 3.05) is 18.1 Å². The Morgan fingerprint density at radius 3 is 2.57 bits per heavy atom. The lowest BCUT2D eigenvalue weighted by Gasteiger charge is -2.33. The molecule has 1 aliphatic heterocycles. The minimum atomic E-state index is -0.486. The SMILES string of the molecule is CCCCCCN1c2ccc(Br)cc2Sc2cc(C#CC(=O)OCC)ccc21. The van der Waals surface area contributed by atoms with E-state index in [1.807, 2.05) is 6.07 Å². The highest BCUT2D eigenvalue weighted by atomic mass is 79.9. The van der Waals surface area contributed by atoms with Gasteiger partial charge in [0.05, 0.1) is 18.0 Å². The molecule has 1 aliphatic rings. The molecule has 0 saturated heterocycles. The first-order valence-corrected chi connectivity index (χ1v) is 11.3. The molecule has 0 spiro atoms. The van der Waals surface area contributed by atoms with Crippen LogP contribution in [0.15, 0.2) is 50.7 Å². The number of unbranched alkanes of at least 4 members (excludes halogenated alkanes) is 3. The molecular weight excluding hydrogens is 434 g/mol. The van der Waals surface area contributed by atoms with Gasteiger partial charge in [-0.25, -0.2) is 4.79 Å². The Hall–Kier alpha value is -1.90. The zero-order valence-electron chi connectivity index (χ0n) is 16.3. The Bertz CT molecular complexity index is 917. The predicted molar refractivity (Wildman–Crippen MR) is 119 cm³/mol. The monoisotopic (exact) mass is 457 g/mol. The van der Waals surface area contributed by atoms with E-state index in [0.717, 1.165) is 27.9 Å². The van der Waals surface area contributed by atoms with Crippen molar-refractivity contribution < 1.29 is 9.53 Å². The highest BCUT2D eigenvalue weighted by molar-refractivity contribution is 9.10. The summed E-state index contributed by atoms with van der Waals surface area (Å²) in [4.78, 5) is 16.3. The number of rotatable bonds is 6. The lowest BCUT2D eigenvalue weighted by molar-refractivity contribution is -0.136. The van der Waals surface area contributed by atoms with Crippen molar-refractivity contribution in [2.45, 2.75) is 49.3 Å². The molecule has 0 amide bonds. The van der Waals surface area contributed by atoms with Crippen LogP contribution in [0.2, 0.25) is 0 Å². The molecule has 5 heteroatoms. The summed E-state index contributed by atoms with van der Waals surface area (Å²) in [6.07, 6.45) is 4.91. The van der Waals surface area contributed by atoms with Gasteiger partial charge in [-0.05, 0) is 49.7 Å². The standard InChI is InChI=1S/C23H24BrNO2S/c1-3-5-6-7-14-25-19-11-8-17(9-13-23(26)27-4-2)15-21(19)28-22-16-18(24)10-12-20(22)25/h8,10-12,15-16H,3-7,14H2,1-2H3. The normalized spacial score (nSPS) is 11.9. The number of benzene rings is 2. The summed E-state index contributed by atoms with van der Waals surface area (Å²) in [5, 5.41) is 0. The Kier molecular flexibility index (Phi) is 7.47. The highest BCUT2D eigenvalue weighted by Gasteiger charge is 2.23. The van der Waals surface area contributed by atoms with Gasteiger partial charge >= 0.3 is 5.97 Å². The fourth-order valence-corrected chi connectivity index (χ4v) is 4.85. The minimum absolute atomic E-state index is 0.339. The van der Waals surface area contributed by atoms with Gasteiger partial charge in [0.25, 0.3) is 0 Å². The third-order valence-corrected chi connectivity index (χ3v) is 6.09. The molecule has 28 heavy (non-hydrogen) atoms. The number of carbonyl (C=O) groups is 1. The Morgan fingerprint density at radius 2 is 1.82 bits per heavy atom. The van der Waals surface area contributed by atoms with E-state index >= 15 is 0 Å². The molecule has 0 unspecified atom stereocenters. The summed E-state index contributed by atoms with van der Waals surface area (Å²) < 4.78 is 5.96. The predicted octanol–water partition coefficient (Wildman–Crippen LogP) is 6.55. The molecule has 2 aromatic rings. The Morgan fingerprint density at radius 1 is 1.07 bits per heavy atom. The maximum Gasteiger partial charge on any atom is 0.384 e. The summed E-state index contributed by atoms with van der Waals surface area (Å²) in [6.45, 7) is 5.35. The lowest BCUT2D eigenvalue weighted by Crippen LogP contribution is -2.22. The molecule has 0 aromatic heterocycles. The number of esters is 1. The second-order valence-electron chi connectivity index (χ2n) is 6.58. The van der Waals surface area contributed by atoms with Crippen LogP contribution in [0.5, 0.6) is 0 Å². The first kappa shape index (κ1) is 20.8. The fourth-order valence-electron chi connectivity index (χ4n) is 3.17. The average Bonchev–Trinajstić information content (AvgIpc) is 2.68. The lowest BCUT2D eigenvalue weighted by atomic mass is 10.1. The van der Waals surface area contributed by atoms with E-state index in [2.05, 4.69) is 69.9 Å². The minimum Gasteiger partial charge on any atom is -0.456 e. The summed E-state index contributed by atoms with van der Waals surface area (Å²) in [7, 11) is 0. The second kappa shape index (κ2) is 10.0. The number of hydrogen-bond acceptors (Lipinski definition) is 4. The molecular formula is C23H24BrNO2S. The number of carbonyl (C=O) groups excluding carboxylic acids is 1. The van der Waals surface area contributed by atoms with Crippen molar-refractivity contribution in [2.24, 2.45) is 0 Å². The smallest absolute Gasteiger partial charge is 0.384 e. The van der Waals surface area contributed by atoms with Crippen LogP contribution in [0.4, 0.5) is 11.4 Å². The van der Waals surface area contributed by atoms with E-state index < -0.39 is 5.97 Å². The van der Waals surface area contributed by atoms with Gasteiger partial charge in [-0.1, -0.05) is 59.8 Å². The third-order valence-electron chi connectivity index (χ3n) is 4.50. The van der Waals surface area contributed by atoms with Gasteiger partial charge in [0, 0.05) is 32.3 Å². The van der Waals surface area contributed by atoms with E-state index in [9.17, 15) is 4.79 Å². The van der Waals surface area contributed by atoms with E-state index in [4.69, 9.17) is 4.74 Å². The molecule has 0 radical (unpaired) electrons. The zero-order valence-corrected chi connectivity index (χ0v) is 18.7. The zero-order chi connectivity index (χ0) is 19.9.